The lowest BCUT2D eigenvalue weighted by atomic mass is 9.94. The summed E-state index contributed by atoms with van der Waals surface area (Å²) in [5, 5.41) is 2.83. The smallest absolute Gasteiger partial charge is 0.338 e. The highest BCUT2D eigenvalue weighted by Crippen LogP contribution is 2.28. The molecule has 0 radical (unpaired) electrons. The van der Waals surface area contributed by atoms with Crippen molar-refractivity contribution in [2.45, 2.75) is 20.8 Å². The molecule has 2 aromatic carbocycles. The molecule has 0 saturated carbocycles. The van der Waals surface area contributed by atoms with Crippen LogP contribution in [0.1, 0.15) is 51.8 Å². The summed E-state index contributed by atoms with van der Waals surface area (Å²) in [7, 11) is 0. The minimum absolute atomic E-state index is 0.220. The van der Waals surface area contributed by atoms with Crippen LogP contribution in [0.5, 0.6) is 0 Å². The number of aldehydes is 1. The second kappa shape index (κ2) is 8.94. The predicted octanol–water partition coefficient (Wildman–Crippen LogP) is 3.73. The number of hydrogen-bond donors (Lipinski definition) is 1. The molecule has 0 saturated heterocycles. The molecule has 0 fully saturated rings. The van der Waals surface area contributed by atoms with Crippen LogP contribution in [0.15, 0.2) is 42.5 Å². The molecule has 0 spiro atoms. The van der Waals surface area contributed by atoms with E-state index in [1.807, 2.05) is 13.8 Å². The van der Waals surface area contributed by atoms with Crippen molar-refractivity contribution in [2.24, 2.45) is 5.92 Å². The molecule has 2 aromatic rings. The highest BCUT2D eigenvalue weighted by atomic mass is 16.5. The van der Waals surface area contributed by atoms with Gasteiger partial charge in [0, 0.05) is 17.7 Å². The number of carbonyl (C=O) groups is 3. The Morgan fingerprint density at radius 2 is 1.85 bits per heavy atom. The number of rotatable bonds is 7. The van der Waals surface area contributed by atoms with E-state index in [-0.39, 0.29) is 18.1 Å². The molecule has 0 atom stereocenters. The van der Waals surface area contributed by atoms with E-state index in [1.165, 1.54) is 6.07 Å². The number of benzene rings is 2. The standard InChI is InChI=1S/C21H23NO4/c1-4-26-21(25)19-11-15(20(24)22-12-14(2)3)9-10-18(19)17-8-6-5-7-16(17)13-23/h5-11,13-14H,4,12H2,1-3H3,(H,22,24). The van der Waals surface area contributed by atoms with Gasteiger partial charge in [0.1, 0.15) is 0 Å². The summed E-state index contributed by atoms with van der Waals surface area (Å²) >= 11 is 0. The van der Waals surface area contributed by atoms with Gasteiger partial charge in [-0.2, -0.15) is 0 Å². The Morgan fingerprint density at radius 1 is 1.12 bits per heavy atom. The molecular formula is C21H23NO4. The summed E-state index contributed by atoms with van der Waals surface area (Å²) < 4.78 is 5.14. The van der Waals surface area contributed by atoms with E-state index in [9.17, 15) is 14.4 Å². The van der Waals surface area contributed by atoms with Gasteiger partial charge in [-0.1, -0.05) is 44.2 Å². The van der Waals surface area contributed by atoms with Crippen LogP contribution in [0.25, 0.3) is 11.1 Å². The van der Waals surface area contributed by atoms with Crippen LogP contribution in [0.4, 0.5) is 0 Å². The van der Waals surface area contributed by atoms with E-state index >= 15 is 0 Å². The number of carbonyl (C=O) groups excluding carboxylic acids is 3. The number of amides is 1. The highest BCUT2D eigenvalue weighted by Gasteiger charge is 2.19. The third-order valence-corrected chi connectivity index (χ3v) is 3.83. The van der Waals surface area contributed by atoms with Crippen LogP contribution in [-0.2, 0) is 4.74 Å². The molecule has 0 unspecified atom stereocenters. The lowest BCUT2D eigenvalue weighted by Crippen LogP contribution is -2.27. The monoisotopic (exact) mass is 353 g/mol. The van der Waals surface area contributed by atoms with E-state index in [4.69, 9.17) is 4.74 Å². The first-order chi connectivity index (χ1) is 12.5. The first kappa shape index (κ1) is 19.4. The Balaban J connectivity index is 2.50. The molecule has 26 heavy (non-hydrogen) atoms. The van der Waals surface area contributed by atoms with Crippen molar-refractivity contribution in [3.8, 4) is 11.1 Å². The maximum atomic E-state index is 12.4. The molecule has 0 aliphatic rings. The van der Waals surface area contributed by atoms with Crippen molar-refractivity contribution in [1.29, 1.82) is 0 Å². The van der Waals surface area contributed by atoms with Gasteiger partial charge >= 0.3 is 5.97 Å². The summed E-state index contributed by atoms with van der Waals surface area (Å²) in [6, 6.07) is 11.8. The predicted molar refractivity (Wildman–Crippen MR) is 100 cm³/mol. The molecule has 0 aromatic heterocycles. The van der Waals surface area contributed by atoms with Gasteiger partial charge in [0.2, 0.25) is 0 Å². The average Bonchev–Trinajstić information content (AvgIpc) is 2.65. The Hall–Kier alpha value is -2.95. The van der Waals surface area contributed by atoms with Crippen molar-refractivity contribution >= 4 is 18.2 Å². The first-order valence-electron chi connectivity index (χ1n) is 8.61. The van der Waals surface area contributed by atoms with Crippen molar-refractivity contribution < 1.29 is 19.1 Å². The van der Waals surface area contributed by atoms with Gasteiger partial charge in [0.05, 0.1) is 12.2 Å². The molecule has 5 nitrogen and oxygen atoms in total. The zero-order chi connectivity index (χ0) is 19.1. The summed E-state index contributed by atoms with van der Waals surface area (Å²) in [4.78, 5) is 36.1. The van der Waals surface area contributed by atoms with E-state index in [1.54, 1.807) is 43.3 Å². The number of hydrogen-bond acceptors (Lipinski definition) is 4. The Labute approximate surface area is 153 Å². The fourth-order valence-corrected chi connectivity index (χ4v) is 2.54. The normalized spacial score (nSPS) is 10.5. The molecular weight excluding hydrogens is 330 g/mol. The van der Waals surface area contributed by atoms with E-state index < -0.39 is 5.97 Å². The second-order valence-electron chi connectivity index (χ2n) is 6.29. The zero-order valence-electron chi connectivity index (χ0n) is 15.2. The fraction of sp³-hybridized carbons (Fsp3) is 0.286. The molecule has 1 N–H and O–H groups in total. The lowest BCUT2D eigenvalue weighted by Gasteiger charge is -2.13. The third-order valence-electron chi connectivity index (χ3n) is 3.83. The molecule has 0 bridgehead atoms. The molecule has 0 aliphatic carbocycles. The van der Waals surface area contributed by atoms with Gasteiger partial charge in [-0.3, -0.25) is 9.59 Å². The van der Waals surface area contributed by atoms with Crippen molar-refractivity contribution in [2.75, 3.05) is 13.2 Å². The minimum atomic E-state index is -0.526. The number of nitrogens with one attached hydrogen (secondary N) is 1. The average molecular weight is 353 g/mol. The van der Waals surface area contributed by atoms with Crippen LogP contribution >= 0.6 is 0 Å². The van der Waals surface area contributed by atoms with Crippen LogP contribution < -0.4 is 5.32 Å². The quantitative estimate of drug-likeness (QED) is 0.608. The van der Waals surface area contributed by atoms with Crippen LogP contribution in [0, 0.1) is 5.92 Å². The van der Waals surface area contributed by atoms with E-state index in [0.717, 1.165) is 6.29 Å². The van der Waals surface area contributed by atoms with Gasteiger partial charge in [-0.05, 0) is 36.1 Å². The molecule has 2 rings (SSSR count). The molecule has 0 aliphatic heterocycles. The Bertz CT molecular complexity index is 811. The van der Waals surface area contributed by atoms with Crippen LogP contribution in [0.2, 0.25) is 0 Å². The maximum Gasteiger partial charge on any atom is 0.338 e. The largest absolute Gasteiger partial charge is 0.462 e. The Morgan fingerprint density at radius 3 is 2.50 bits per heavy atom. The van der Waals surface area contributed by atoms with Gasteiger partial charge in [-0.25, -0.2) is 4.79 Å². The number of esters is 1. The van der Waals surface area contributed by atoms with Gasteiger partial charge < -0.3 is 10.1 Å². The van der Waals surface area contributed by atoms with Crippen molar-refractivity contribution in [1.82, 2.24) is 5.32 Å². The minimum Gasteiger partial charge on any atom is -0.462 e. The van der Waals surface area contributed by atoms with E-state index in [2.05, 4.69) is 5.32 Å². The molecule has 136 valence electrons. The van der Waals surface area contributed by atoms with Gasteiger partial charge in [0.25, 0.3) is 5.91 Å². The molecule has 5 heteroatoms. The summed E-state index contributed by atoms with van der Waals surface area (Å²) in [6.07, 6.45) is 0.744. The van der Waals surface area contributed by atoms with E-state index in [0.29, 0.717) is 34.7 Å². The summed E-state index contributed by atoms with van der Waals surface area (Å²) in [5.74, 6) is -0.455. The number of ether oxygens (including phenoxy) is 1. The molecule has 1 amide bonds. The highest BCUT2D eigenvalue weighted by molar-refractivity contribution is 6.03. The van der Waals surface area contributed by atoms with Crippen LogP contribution in [0.3, 0.4) is 0 Å². The van der Waals surface area contributed by atoms with Gasteiger partial charge in [0.15, 0.2) is 6.29 Å². The van der Waals surface area contributed by atoms with Crippen molar-refractivity contribution in [3.05, 3.63) is 59.2 Å². The van der Waals surface area contributed by atoms with Gasteiger partial charge in [-0.15, -0.1) is 0 Å². The SMILES string of the molecule is CCOC(=O)c1cc(C(=O)NCC(C)C)ccc1-c1ccccc1C=O. The first-order valence-corrected chi connectivity index (χ1v) is 8.61. The van der Waals surface area contributed by atoms with Crippen LogP contribution in [-0.4, -0.2) is 31.3 Å². The fourth-order valence-electron chi connectivity index (χ4n) is 2.54. The Kier molecular flexibility index (Phi) is 6.67. The summed E-state index contributed by atoms with van der Waals surface area (Å²) in [5.41, 5.74) is 2.29. The third kappa shape index (κ3) is 4.57. The summed E-state index contributed by atoms with van der Waals surface area (Å²) in [6.45, 7) is 6.49. The second-order valence-corrected chi connectivity index (χ2v) is 6.29. The lowest BCUT2D eigenvalue weighted by molar-refractivity contribution is 0.0527. The topological polar surface area (TPSA) is 72.5 Å². The molecule has 0 heterocycles. The zero-order valence-corrected chi connectivity index (χ0v) is 15.2. The van der Waals surface area contributed by atoms with Crippen molar-refractivity contribution in [3.63, 3.8) is 0 Å². The maximum absolute atomic E-state index is 12.4.